The standard InChI is InChI=1S/C25H28N2O8/c1-3-34-22(28)19-12-24(26(30)31)14-20(23(29)35-4-2)15-25(13-19,27(32)33)21(24)18-10-9-16-7-5-6-8-17(16)11-18/h5-11,19-21H,3-4,12-15H2,1-2H3. The fraction of sp³-hybridized carbons (Fsp3) is 0.520. The highest BCUT2D eigenvalue weighted by Crippen LogP contribution is 2.61. The van der Waals surface area contributed by atoms with Crippen LogP contribution in [-0.2, 0) is 19.1 Å². The second-order valence-corrected chi connectivity index (χ2v) is 9.48. The van der Waals surface area contributed by atoms with E-state index in [0.29, 0.717) is 5.56 Å². The zero-order valence-corrected chi connectivity index (χ0v) is 19.7. The van der Waals surface area contributed by atoms with Crippen LogP contribution in [0.5, 0.6) is 0 Å². The second-order valence-electron chi connectivity index (χ2n) is 9.48. The molecule has 0 atom stereocenters. The Balaban J connectivity index is 1.94. The highest BCUT2D eigenvalue weighted by molar-refractivity contribution is 5.83. The Kier molecular flexibility index (Phi) is 6.48. The quantitative estimate of drug-likeness (QED) is 0.327. The van der Waals surface area contributed by atoms with Gasteiger partial charge in [-0.25, -0.2) is 0 Å². The Bertz CT molecular complexity index is 1120. The van der Waals surface area contributed by atoms with Gasteiger partial charge in [0, 0.05) is 35.5 Å². The topological polar surface area (TPSA) is 139 Å². The molecule has 2 aliphatic rings. The van der Waals surface area contributed by atoms with Crippen LogP contribution in [0.1, 0.15) is 51.0 Å². The highest BCUT2D eigenvalue weighted by atomic mass is 16.6. The number of hydrogen-bond donors (Lipinski definition) is 0. The van der Waals surface area contributed by atoms with E-state index in [1.54, 1.807) is 32.0 Å². The maximum Gasteiger partial charge on any atom is 0.309 e. The number of hydrogen-bond acceptors (Lipinski definition) is 8. The summed E-state index contributed by atoms with van der Waals surface area (Å²) < 4.78 is 10.3. The average molecular weight is 485 g/mol. The molecule has 0 aliphatic heterocycles. The van der Waals surface area contributed by atoms with Crippen molar-refractivity contribution in [2.75, 3.05) is 13.2 Å². The number of nitro groups is 2. The van der Waals surface area contributed by atoms with Gasteiger partial charge in [0.1, 0.15) is 5.92 Å². The smallest absolute Gasteiger partial charge is 0.309 e. The Morgan fingerprint density at radius 1 is 0.829 bits per heavy atom. The Morgan fingerprint density at radius 3 is 1.71 bits per heavy atom. The Labute approximate surface area is 201 Å². The average Bonchev–Trinajstić information content (AvgIpc) is 2.82. The fourth-order valence-corrected chi connectivity index (χ4v) is 6.36. The molecule has 0 saturated heterocycles. The summed E-state index contributed by atoms with van der Waals surface area (Å²) in [6.07, 6.45) is -0.993. The molecule has 0 amide bonds. The summed E-state index contributed by atoms with van der Waals surface area (Å²) in [5, 5.41) is 27.4. The summed E-state index contributed by atoms with van der Waals surface area (Å²) in [5.41, 5.74) is -3.37. The van der Waals surface area contributed by atoms with Gasteiger partial charge < -0.3 is 9.47 Å². The van der Waals surface area contributed by atoms with Gasteiger partial charge in [-0.1, -0.05) is 42.5 Å². The Morgan fingerprint density at radius 2 is 1.29 bits per heavy atom. The molecule has 2 aliphatic carbocycles. The third-order valence-electron chi connectivity index (χ3n) is 7.55. The molecule has 2 aromatic carbocycles. The molecule has 0 unspecified atom stereocenters. The van der Waals surface area contributed by atoms with Crippen molar-refractivity contribution in [3.05, 3.63) is 68.3 Å². The van der Waals surface area contributed by atoms with Crippen molar-refractivity contribution in [3.63, 3.8) is 0 Å². The molecular formula is C25H28N2O8. The van der Waals surface area contributed by atoms with Gasteiger partial charge in [0.15, 0.2) is 0 Å². The van der Waals surface area contributed by atoms with Crippen molar-refractivity contribution in [1.82, 2.24) is 0 Å². The minimum Gasteiger partial charge on any atom is -0.466 e. The number of carbonyl (C=O) groups is 2. The van der Waals surface area contributed by atoms with Crippen molar-refractivity contribution in [1.29, 1.82) is 0 Å². The summed E-state index contributed by atoms with van der Waals surface area (Å²) in [6.45, 7) is 3.35. The third kappa shape index (κ3) is 4.00. The first kappa shape index (κ1) is 24.6. The van der Waals surface area contributed by atoms with Crippen LogP contribution < -0.4 is 0 Å². The largest absolute Gasteiger partial charge is 0.466 e. The molecule has 186 valence electrons. The lowest BCUT2D eigenvalue weighted by atomic mass is 9.49. The van der Waals surface area contributed by atoms with Crippen molar-refractivity contribution < 1.29 is 28.9 Å². The van der Waals surface area contributed by atoms with E-state index in [4.69, 9.17) is 9.47 Å². The summed E-state index contributed by atoms with van der Waals surface area (Å²) >= 11 is 0. The van der Waals surface area contributed by atoms with Gasteiger partial charge in [0.2, 0.25) is 11.1 Å². The maximum absolute atomic E-state index is 12.8. The van der Waals surface area contributed by atoms with Crippen LogP contribution >= 0.6 is 0 Å². The van der Waals surface area contributed by atoms with Crippen molar-refractivity contribution in [3.8, 4) is 0 Å². The predicted octanol–water partition coefficient (Wildman–Crippen LogP) is 3.90. The van der Waals surface area contributed by atoms with Gasteiger partial charge in [0.05, 0.1) is 25.0 Å². The van der Waals surface area contributed by atoms with Crippen LogP contribution in [0.3, 0.4) is 0 Å². The van der Waals surface area contributed by atoms with Crippen LogP contribution in [0.25, 0.3) is 10.8 Å². The first-order valence-electron chi connectivity index (χ1n) is 11.8. The minimum absolute atomic E-state index is 0.0613. The molecule has 2 aromatic rings. The van der Waals surface area contributed by atoms with Crippen molar-refractivity contribution >= 4 is 22.7 Å². The molecule has 0 radical (unpaired) electrons. The van der Waals surface area contributed by atoms with E-state index < -0.39 is 50.6 Å². The van der Waals surface area contributed by atoms with Gasteiger partial charge in [0.25, 0.3) is 0 Å². The first-order chi connectivity index (χ1) is 16.7. The molecule has 2 bridgehead atoms. The van der Waals surface area contributed by atoms with Crippen LogP contribution in [0.4, 0.5) is 0 Å². The lowest BCUT2D eigenvalue weighted by Gasteiger charge is -2.51. The number of fused-ring (bicyclic) bond motifs is 3. The molecule has 2 saturated carbocycles. The monoisotopic (exact) mass is 484 g/mol. The van der Waals surface area contributed by atoms with Crippen LogP contribution in [0.15, 0.2) is 42.5 Å². The number of ether oxygens (including phenoxy) is 2. The molecule has 0 aromatic heterocycles. The maximum atomic E-state index is 12.8. The number of esters is 2. The van der Waals surface area contributed by atoms with Gasteiger partial charge in [-0.15, -0.1) is 0 Å². The third-order valence-corrected chi connectivity index (χ3v) is 7.55. The lowest BCUT2D eigenvalue weighted by Crippen LogP contribution is -2.68. The zero-order chi connectivity index (χ0) is 25.4. The normalized spacial score (nSPS) is 29.8. The molecule has 10 nitrogen and oxygen atoms in total. The molecule has 10 heteroatoms. The highest BCUT2D eigenvalue weighted by Gasteiger charge is 2.75. The number of rotatable bonds is 7. The van der Waals surface area contributed by atoms with Gasteiger partial charge in [-0.3, -0.25) is 29.8 Å². The number of benzene rings is 2. The molecule has 0 heterocycles. The summed E-state index contributed by atoms with van der Waals surface area (Å²) in [7, 11) is 0. The number of carbonyl (C=O) groups excluding carboxylic acids is 2. The van der Waals surface area contributed by atoms with Crippen LogP contribution in [-0.4, -0.2) is 46.1 Å². The second kappa shape index (κ2) is 9.24. The van der Waals surface area contributed by atoms with E-state index >= 15 is 0 Å². The predicted molar refractivity (Wildman–Crippen MR) is 125 cm³/mol. The van der Waals surface area contributed by atoms with Gasteiger partial charge >= 0.3 is 11.9 Å². The van der Waals surface area contributed by atoms with Crippen molar-refractivity contribution in [2.24, 2.45) is 11.8 Å². The Hall–Kier alpha value is -3.56. The fourth-order valence-electron chi connectivity index (χ4n) is 6.36. The SMILES string of the molecule is CCOC(=O)C1CC2([N+](=O)[O-])CC(C(=O)OCC)CC([N+](=O)[O-])(C1)C2c1ccc2ccccc2c1. The molecule has 4 rings (SSSR count). The van der Waals surface area contributed by atoms with Crippen LogP contribution in [0, 0.1) is 32.1 Å². The van der Waals surface area contributed by atoms with E-state index in [-0.39, 0.29) is 38.9 Å². The minimum atomic E-state index is -1.92. The van der Waals surface area contributed by atoms with Gasteiger partial charge in [-0.2, -0.15) is 0 Å². The molecular weight excluding hydrogens is 456 g/mol. The van der Waals surface area contributed by atoms with E-state index in [1.807, 2.05) is 24.3 Å². The van der Waals surface area contributed by atoms with Gasteiger partial charge in [-0.05, 0) is 30.2 Å². The lowest BCUT2D eigenvalue weighted by molar-refractivity contribution is -0.644. The van der Waals surface area contributed by atoms with Crippen molar-refractivity contribution in [2.45, 2.75) is 56.5 Å². The van der Waals surface area contributed by atoms with E-state index in [1.165, 1.54) is 0 Å². The summed E-state index contributed by atoms with van der Waals surface area (Å²) in [5.74, 6) is -4.55. The molecule has 0 spiro atoms. The summed E-state index contributed by atoms with van der Waals surface area (Å²) in [6, 6.07) is 12.7. The molecule has 2 fully saturated rings. The zero-order valence-electron chi connectivity index (χ0n) is 19.7. The van der Waals surface area contributed by atoms with E-state index in [2.05, 4.69) is 0 Å². The first-order valence-corrected chi connectivity index (χ1v) is 11.8. The van der Waals surface area contributed by atoms with Crippen LogP contribution in [0.2, 0.25) is 0 Å². The number of nitrogens with zero attached hydrogens (tertiary/aromatic N) is 2. The van der Waals surface area contributed by atoms with E-state index in [0.717, 1.165) is 10.8 Å². The molecule has 0 N–H and O–H groups in total. The summed E-state index contributed by atoms with van der Waals surface area (Å²) in [4.78, 5) is 50.1. The van der Waals surface area contributed by atoms with E-state index in [9.17, 15) is 29.8 Å². The molecule has 35 heavy (non-hydrogen) atoms.